The molecule has 0 aromatic rings. The predicted octanol–water partition coefficient (Wildman–Crippen LogP) is 0.465. The lowest BCUT2D eigenvalue weighted by Crippen LogP contribution is -2.29. The number of allylic oxidation sites excluding steroid dienone is 1. The van der Waals surface area contributed by atoms with Crippen LogP contribution in [0, 0.1) is 0 Å². The predicted molar refractivity (Wildman–Crippen MR) is 95.6 cm³/mol. The number of aliphatic carboxylic acids is 1. The van der Waals surface area contributed by atoms with Crippen LogP contribution in [0.4, 0.5) is 0 Å². The standard InChI is InChI=1S/C12H13N3O2.C4H7IO2/c16-9-7-8(13-1-2-13)12(17)11(15-5-6-15)10(9)14-3-4-14;1-4(2,5)3(6)7/h7H,1-6H2;1-2H3,(H,6,7). The number of carboxylic acid groups (broad SMARTS) is 1. The van der Waals surface area contributed by atoms with Gasteiger partial charge in [0.15, 0.2) is 0 Å². The fourth-order valence-electron chi connectivity index (χ4n) is 2.28. The van der Waals surface area contributed by atoms with Gasteiger partial charge in [0.05, 0.1) is 5.70 Å². The Morgan fingerprint density at radius 2 is 1.42 bits per heavy atom. The van der Waals surface area contributed by atoms with Gasteiger partial charge in [-0.05, 0) is 13.8 Å². The molecule has 7 nitrogen and oxygen atoms in total. The zero-order chi connectivity index (χ0) is 17.6. The van der Waals surface area contributed by atoms with Crippen molar-refractivity contribution in [3.63, 3.8) is 0 Å². The Bertz CT molecular complexity index is 665. The number of ketones is 2. The van der Waals surface area contributed by atoms with Gasteiger partial charge in [-0.3, -0.25) is 14.4 Å². The summed E-state index contributed by atoms with van der Waals surface area (Å²) in [6, 6.07) is 0. The molecule has 8 heteroatoms. The minimum atomic E-state index is -0.770. The van der Waals surface area contributed by atoms with Gasteiger partial charge in [0.25, 0.3) is 0 Å². The maximum absolute atomic E-state index is 12.4. The number of hydrogen-bond donors (Lipinski definition) is 1. The molecule has 3 saturated heterocycles. The average molecular weight is 445 g/mol. The van der Waals surface area contributed by atoms with E-state index in [0.717, 1.165) is 39.3 Å². The third kappa shape index (κ3) is 3.73. The molecule has 1 N–H and O–H groups in total. The van der Waals surface area contributed by atoms with Crippen LogP contribution in [0.15, 0.2) is 23.2 Å². The lowest BCUT2D eigenvalue weighted by Gasteiger charge is -2.21. The number of carboxylic acids is 1. The molecule has 0 bridgehead atoms. The van der Waals surface area contributed by atoms with Gasteiger partial charge in [0.2, 0.25) is 11.6 Å². The van der Waals surface area contributed by atoms with E-state index >= 15 is 0 Å². The summed E-state index contributed by atoms with van der Waals surface area (Å²) in [6.45, 7) is 8.70. The van der Waals surface area contributed by atoms with Gasteiger partial charge in [0.1, 0.15) is 14.8 Å². The Morgan fingerprint density at radius 3 is 1.79 bits per heavy atom. The quantitative estimate of drug-likeness (QED) is 0.292. The molecular weight excluding hydrogens is 425 g/mol. The molecule has 3 aliphatic heterocycles. The summed E-state index contributed by atoms with van der Waals surface area (Å²) in [5, 5.41) is 8.24. The highest BCUT2D eigenvalue weighted by Gasteiger charge is 2.43. The second-order valence-corrected chi connectivity index (χ2v) is 9.36. The summed E-state index contributed by atoms with van der Waals surface area (Å²) in [7, 11) is 0. The number of carbonyl (C=O) groups is 3. The Labute approximate surface area is 154 Å². The van der Waals surface area contributed by atoms with E-state index in [1.807, 2.05) is 37.3 Å². The van der Waals surface area contributed by atoms with Gasteiger partial charge < -0.3 is 19.8 Å². The van der Waals surface area contributed by atoms with Gasteiger partial charge in [0, 0.05) is 45.3 Å². The summed E-state index contributed by atoms with van der Waals surface area (Å²) in [5.74, 6) is -0.722. The molecule has 0 saturated carbocycles. The number of halogens is 1. The average Bonchev–Trinajstić information content (AvgIpc) is 3.36. The SMILES string of the molecule is CC(C)(I)C(=O)O.O=C1C=C(N2CC2)C(=O)C(N2CC2)=C1N1CC1. The van der Waals surface area contributed by atoms with Crippen LogP contribution in [0.5, 0.6) is 0 Å². The molecule has 0 aromatic heterocycles. The fraction of sp³-hybridized carbons (Fsp3) is 0.562. The van der Waals surface area contributed by atoms with Gasteiger partial charge in [-0.15, -0.1) is 0 Å². The molecule has 130 valence electrons. The van der Waals surface area contributed by atoms with Crippen LogP contribution < -0.4 is 0 Å². The van der Waals surface area contributed by atoms with Crippen LogP contribution in [0.1, 0.15) is 13.8 Å². The molecule has 0 amide bonds. The van der Waals surface area contributed by atoms with Crippen LogP contribution in [-0.2, 0) is 14.4 Å². The first-order chi connectivity index (χ1) is 11.2. The largest absolute Gasteiger partial charge is 0.480 e. The van der Waals surface area contributed by atoms with E-state index in [1.54, 1.807) is 13.8 Å². The molecule has 0 atom stereocenters. The van der Waals surface area contributed by atoms with Crippen molar-refractivity contribution in [2.45, 2.75) is 17.3 Å². The number of nitrogens with zero attached hydrogens (tertiary/aromatic N) is 3. The Morgan fingerprint density at radius 1 is 1.00 bits per heavy atom. The van der Waals surface area contributed by atoms with Crippen molar-refractivity contribution in [2.75, 3.05) is 39.3 Å². The van der Waals surface area contributed by atoms with E-state index in [9.17, 15) is 14.4 Å². The van der Waals surface area contributed by atoms with Crippen LogP contribution in [0.25, 0.3) is 0 Å². The van der Waals surface area contributed by atoms with Crippen molar-refractivity contribution in [3.05, 3.63) is 23.2 Å². The van der Waals surface area contributed by atoms with E-state index in [2.05, 4.69) is 0 Å². The lowest BCUT2D eigenvalue weighted by atomic mass is 10.0. The van der Waals surface area contributed by atoms with Crippen LogP contribution in [0.2, 0.25) is 0 Å². The van der Waals surface area contributed by atoms with Crippen molar-refractivity contribution >= 4 is 40.1 Å². The molecule has 4 rings (SSSR count). The summed E-state index contributed by atoms with van der Waals surface area (Å²) in [6.07, 6.45) is 1.52. The Kier molecular flexibility index (Phi) is 4.35. The van der Waals surface area contributed by atoms with Crippen LogP contribution in [-0.4, -0.2) is 80.0 Å². The van der Waals surface area contributed by atoms with E-state index in [-0.39, 0.29) is 11.6 Å². The summed E-state index contributed by atoms with van der Waals surface area (Å²) < 4.78 is -0.613. The number of rotatable bonds is 4. The Hall–Kier alpha value is -1.58. The van der Waals surface area contributed by atoms with Gasteiger partial charge in [-0.2, -0.15) is 0 Å². The minimum absolute atomic E-state index is 0.00546. The van der Waals surface area contributed by atoms with E-state index in [4.69, 9.17) is 5.11 Å². The minimum Gasteiger partial charge on any atom is -0.480 e. The van der Waals surface area contributed by atoms with Crippen molar-refractivity contribution in [1.29, 1.82) is 0 Å². The number of carbonyl (C=O) groups excluding carboxylic acids is 2. The summed E-state index contributed by atoms with van der Waals surface area (Å²) in [5.41, 5.74) is 1.89. The first-order valence-electron chi connectivity index (χ1n) is 7.92. The molecule has 24 heavy (non-hydrogen) atoms. The third-order valence-electron chi connectivity index (χ3n) is 4.00. The maximum atomic E-state index is 12.4. The second kappa shape index (κ2) is 6.05. The van der Waals surface area contributed by atoms with Crippen LogP contribution >= 0.6 is 22.6 Å². The lowest BCUT2D eigenvalue weighted by molar-refractivity contribution is -0.138. The highest BCUT2D eigenvalue weighted by Crippen LogP contribution is 2.33. The molecule has 1 aliphatic carbocycles. The molecule has 0 spiro atoms. The number of hydrogen-bond acceptors (Lipinski definition) is 6. The van der Waals surface area contributed by atoms with Gasteiger partial charge in [-0.25, -0.2) is 0 Å². The molecule has 0 radical (unpaired) electrons. The fourth-order valence-corrected chi connectivity index (χ4v) is 2.28. The highest BCUT2D eigenvalue weighted by molar-refractivity contribution is 14.1. The molecule has 0 unspecified atom stereocenters. The molecule has 0 aromatic carbocycles. The smallest absolute Gasteiger partial charge is 0.319 e. The first-order valence-corrected chi connectivity index (χ1v) is 9.00. The highest BCUT2D eigenvalue weighted by atomic mass is 127. The molecule has 3 heterocycles. The monoisotopic (exact) mass is 445 g/mol. The van der Waals surface area contributed by atoms with Crippen molar-refractivity contribution in [1.82, 2.24) is 14.7 Å². The molecule has 4 aliphatic rings. The number of alkyl halides is 1. The first kappa shape index (κ1) is 17.2. The van der Waals surface area contributed by atoms with Crippen molar-refractivity contribution in [3.8, 4) is 0 Å². The van der Waals surface area contributed by atoms with E-state index in [1.165, 1.54) is 6.08 Å². The number of Topliss-reactive ketones (excluding diaryl/α,β-unsaturated/α-hetero) is 1. The van der Waals surface area contributed by atoms with Gasteiger partial charge >= 0.3 is 5.97 Å². The van der Waals surface area contributed by atoms with Gasteiger partial charge in [-0.1, -0.05) is 22.6 Å². The van der Waals surface area contributed by atoms with E-state index in [0.29, 0.717) is 17.1 Å². The second-order valence-electron chi connectivity index (χ2n) is 6.66. The molecular formula is C16H20IN3O4. The van der Waals surface area contributed by atoms with Crippen molar-refractivity contribution in [2.24, 2.45) is 0 Å². The Balaban J connectivity index is 0.000000209. The summed E-state index contributed by atoms with van der Waals surface area (Å²) >= 11 is 1.87. The van der Waals surface area contributed by atoms with Crippen molar-refractivity contribution < 1.29 is 19.5 Å². The maximum Gasteiger partial charge on any atom is 0.319 e. The van der Waals surface area contributed by atoms with Crippen LogP contribution in [0.3, 0.4) is 0 Å². The van der Waals surface area contributed by atoms with E-state index < -0.39 is 9.39 Å². The third-order valence-corrected chi connectivity index (χ3v) is 4.46. The molecule has 3 fully saturated rings. The zero-order valence-corrected chi connectivity index (χ0v) is 15.9. The zero-order valence-electron chi connectivity index (χ0n) is 13.7. The summed E-state index contributed by atoms with van der Waals surface area (Å²) in [4.78, 5) is 40.5. The topological polar surface area (TPSA) is 80.5 Å². The normalized spacial score (nSPS) is 22.1.